The van der Waals surface area contributed by atoms with E-state index in [0.29, 0.717) is 65.2 Å². The molecule has 1 aliphatic carbocycles. The van der Waals surface area contributed by atoms with Gasteiger partial charge in [-0.25, -0.2) is 9.97 Å². The number of nitrogens with one attached hydrogen (secondary N) is 2. The molecule has 39 heavy (non-hydrogen) atoms. The zero-order valence-electron chi connectivity index (χ0n) is 22.1. The second-order valence-electron chi connectivity index (χ2n) is 10.7. The smallest absolute Gasteiger partial charge is 0.306 e. The maximum absolute atomic E-state index is 12.7. The molecular formula is C27H31N5O6S. The van der Waals surface area contributed by atoms with Gasteiger partial charge in [-0.2, -0.15) is 4.98 Å². The molecule has 0 atom stereocenters. The molecule has 1 aliphatic heterocycles. The summed E-state index contributed by atoms with van der Waals surface area (Å²) < 4.78 is 11.8. The summed E-state index contributed by atoms with van der Waals surface area (Å²) in [5, 5.41) is 27.3. The summed E-state index contributed by atoms with van der Waals surface area (Å²) >= 11 is 1.32. The van der Waals surface area contributed by atoms with Gasteiger partial charge >= 0.3 is 5.97 Å². The minimum absolute atomic E-state index is 0.0478. The number of benzene rings is 1. The van der Waals surface area contributed by atoms with Crippen LogP contribution in [0.3, 0.4) is 0 Å². The number of carboxylic acid groups (broad SMARTS) is 1. The number of thiazole rings is 1. The number of carboxylic acids is 1. The number of aliphatic carboxylic acids is 1. The Balaban J connectivity index is 1.50. The fourth-order valence-corrected chi connectivity index (χ4v) is 5.74. The molecule has 2 aromatic heterocycles. The number of rotatable bonds is 7. The van der Waals surface area contributed by atoms with Crippen molar-refractivity contribution in [2.45, 2.75) is 70.7 Å². The van der Waals surface area contributed by atoms with E-state index in [1.165, 1.54) is 11.3 Å². The third-order valence-electron chi connectivity index (χ3n) is 6.82. The number of nitrogens with zero attached hydrogens (tertiary/aromatic N) is 3. The minimum atomic E-state index is -1.19. The Bertz CT molecular complexity index is 1410. The van der Waals surface area contributed by atoms with E-state index in [1.54, 1.807) is 38.4 Å². The summed E-state index contributed by atoms with van der Waals surface area (Å²) in [5.74, 6) is -0.338. The second kappa shape index (κ2) is 10.1. The van der Waals surface area contributed by atoms with Crippen LogP contribution >= 0.6 is 11.3 Å². The van der Waals surface area contributed by atoms with Gasteiger partial charge in [-0.15, -0.1) is 11.3 Å². The fourth-order valence-electron chi connectivity index (χ4n) is 4.67. The number of aromatic nitrogens is 3. The van der Waals surface area contributed by atoms with Gasteiger partial charge in [0.1, 0.15) is 10.6 Å². The predicted molar refractivity (Wildman–Crippen MR) is 145 cm³/mol. The molecule has 0 unspecified atom stereocenters. The van der Waals surface area contributed by atoms with Gasteiger partial charge in [0.05, 0.1) is 22.6 Å². The standard InChI is InChI=1S/C27H31N5O6S/c1-14(2)37-20-7-10-28-25(32-20)30-16-11-17(21-18(12-16)31-23(35)26(3,4)38-21)19-13-29-24(39-19)27(36)8-5-15(6-9-27)22(33)34/h7,10-15,36H,5-6,8-9H2,1-4H3,(H,31,35)(H,33,34)(H,28,30,32)/t15-,27+. The molecular weight excluding hydrogens is 522 g/mol. The number of ether oxygens (including phenoxy) is 2. The van der Waals surface area contributed by atoms with Crippen LogP contribution in [0.5, 0.6) is 11.6 Å². The van der Waals surface area contributed by atoms with Crippen molar-refractivity contribution in [2.24, 2.45) is 5.92 Å². The monoisotopic (exact) mass is 553 g/mol. The molecule has 1 aromatic carbocycles. The molecule has 11 nitrogen and oxygen atoms in total. The molecule has 3 aromatic rings. The van der Waals surface area contributed by atoms with Crippen molar-refractivity contribution >= 4 is 40.5 Å². The molecule has 12 heteroatoms. The molecule has 2 aliphatic rings. The van der Waals surface area contributed by atoms with Gasteiger partial charge in [0.25, 0.3) is 5.91 Å². The summed E-state index contributed by atoms with van der Waals surface area (Å²) in [5.41, 5.74) is -0.536. The van der Waals surface area contributed by atoms with Crippen LogP contribution in [-0.4, -0.2) is 48.7 Å². The Labute approximate surface area is 229 Å². The second-order valence-corrected chi connectivity index (χ2v) is 11.7. The first-order valence-corrected chi connectivity index (χ1v) is 13.6. The van der Waals surface area contributed by atoms with Gasteiger partial charge in [0.15, 0.2) is 11.4 Å². The normalized spacial score (nSPS) is 22.0. The van der Waals surface area contributed by atoms with E-state index in [0.717, 1.165) is 4.88 Å². The lowest BCUT2D eigenvalue weighted by Gasteiger charge is -2.33. The number of hydrogen-bond acceptors (Lipinski definition) is 10. The molecule has 1 saturated carbocycles. The molecule has 1 amide bonds. The van der Waals surface area contributed by atoms with Gasteiger partial charge < -0.3 is 30.3 Å². The van der Waals surface area contributed by atoms with Crippen molar-refractivity contribution in [2.75, 3.05) is 10.6 Å². The predicted octanol–water partition coefficient (Wildman–Crippen LogP) is 4.70. The highest BCUT2D eigenvalue weighted by Crippen LogP contribution is 2.48. The largest absolute Gasteiger partial charge is 0.481 e. The summed E-state index contributed by atoms with van der Waals surface area (Å²) in [6, 6.07) is 5.27. The van der Waals surface area contributed by atoms with Crippen molar-refractivity contribution in [1.82, 2.24) is 15.0 Å². The maximum atomic E-state index is 12.7. The first-order chi connectivity index (χ1) is 18.4. The van der Waals surface area contributed by atoms with Crippen molar-refractivity contribution in [3.8, 4) is 22.1 Å². The van der Waals surface area contributed by atoms with E-state index in [9.17, 15) is 19.8 Å². The summed E-state index contributed by atoms with van der Waals surface area (Å²) in [6.07, 6.45) is 4.63. The van der Waals surface area contributed by atoms with E-state index in [-0.39, 0.29) is 12.0 Å². The molecule has 0 saturated heterocycles. The van der Waals surface area contributed by atoms with Crippen LogP contribution in [0.2, 0.25) is 0 Å². The third-order valence-corrected chi connectivity index (χ3v) is 8.04. The average Bonchev–Trinajstić information content (AvgIpc) is 3.36. The lowest BCUT2D eigenvalue weighted by molar-refractivity contribution is -0.145. The van der Waals surface area contributed by atoms with E-state index >= 15 is 0 Å². The van der Waals surface area contributed by atoms with Crippen LogP contribution in [0.1, 0.15) is 58.4 Å². The molecule has 0 radical (unpaired) electrons. The molecule has 3 heterocycles. The van der Waals surface area contributed by atoms with Crippen molar-refractivity contribution in [3.05, 3.63) is 35.6 Å². The van der Waals surface area contributed by atoms with E-state index < -0.39 is 23.1 Å². The number of amides is 1. The first kappa shape index (κ1) is 26.8. The van der Waals surface area contributed by atoms with Gasteiger partial charge in [-0.1, -0.05) is 0 Å². The SMILES string of the molecule is CC(C)Oc1ccnc(Nc2cc3c(c(-c4cnc([C@]5(O)CC[C@@H](C(=O)O)CC5)s4)c2)OC(C)(C)C(=O)N3)n1. The lowest BCUT2D eigenvalue weighted by atomic mass is 9.79. The number of aliphatic hydroxyl groups is 1. The van der Waals surface area contributed by atoms with E-state index in [2.05, 4.69) is 25.6 Å². The van der Waals surface area contributed by atoms with Gasteiger partial charge in [0, 0.05) is 29.7 Å². The van der Waals surface area contributed by atoms with Crippen molar-refractivity contribution in [3.63, 3.8) is 0 Å². The van der Waals surface area contributed by atoms with E-state index in [4.69, 9.17) is 9.47 Å². The zero-order chi connectivity index (χ0) is 27.9. The number of anilines is 3. The van der Waals surface area contributed by atoms with Crippen LogP contribution in [0.25, 0.3) is 10.4 Å². The third kappa shape index (κ3) is 5.52. The lowest BCUT2D eigenvalue weighted by Crippen LogP contribution is -2.45. The number of fused-ring (bicyclic) bond motifs is 1. The van der Waals surface area contributed by atoms with E-state index in [1.807, 2.05) is 19.9 Å². The average molecular weight is 554 g/mol. The summed E-state index contributed by atoms with van der Waals surface area (Å²) in [6.45, 7) is 7.20. The zero-order valence-corrected chi connectivity index (χ0v) is 23.0. The highest BCUT2D eigenvalue weighted by molar-refractivity contribution is 7.15. The number of carbonyl (C=O) groups excluding carboxylic acids is 1. The Morgan fingerprint density at radius 1 is 1.26 bits per heavy atom. The van der Waals surface area contributed by atoms with Crippen LogP contribution in [0, 0.1) is 5.92 Å². The molecule has 4 N–H and O–H groups in total. The fraction of sp³-hybridized carbons (Fsp3) is 0.444. The van der Waals surface area contributed by atoms with Gasteiger partial charge in [-0.3, -0.25) is 9.59 Å². The minimum Gasteiger partial charge on any atom is -0.481 e. The number of hydrogen-bond donors (Lipinski definition) is 4. The molecule has 1 fully saturated rings. The first-order valence-electron chi connectivity index (χ1n) is 12.8. The maximum Gasteiger partial charge on any atom is 0.306 e. The molecule has 0 bridgehead atoms. The highest BCUT2D eigenvalue weighted by atomic mass is 32.1. The molecule has 0 spiro atoms. The summed E-state index contributed by atoms with van der Waals surface area (Å²) in [4.78, 5) is 38.0. The topological polar surface area (TPSA) is 156 Å². The quantitative estimate of drug-likeness (QED) is 0.323. The van der Waals surface area contributed by atoms with Crippen molar-refractivity contribution < 1.29 is 29.3 Å². The van der Waals surface area contributed by atoms with Crippen molar-refractivity contribution in [1.29, 1.82) is 0 Å². The van der Waals surface area contributed by atoms with Gasteiger partial charge in [0.2, 0.25) is 11.8 Å². The van der Waals surface area contributed by atoms with Crippen LogP contribution < -0.4 is 20.1 Å². The molecule has 5 rings (SSSR count). The Morgan fingerprint density at radius 3 is 2.69 bits per heavy atom. The highest BCUT2D eigenvalue weighted by Gasteiger charge is 2.40. The Hall–Kier alpha value is -3.77. The van der Waals surface area contributed by atoms with Crippen LogP contribution in [0.15, 0.2) is 30.6 Å². The Morgan fingerprint density at radius 2 is 2.00 bits per heavy atom. The summed E-state index contributed by atoms with van der Waals surface area (Å²) in [7, 11) is 0. The Kier molecular flexibility index (Phi) is 6.93. The van der Waals surface area contributed by atoms with Crippen LogP contribution in [-0.2, 0) is 15.2 Å². The van der Waals surface area contributed by atoms with Crippen LogP contribution in [0.4, 0.5) is 17.3 Å². The van der Waals surface area contributed by atoms with Gasteiger partial charge in [-0.05, 0) is 65.5 Å². The number of carbonyl (C=O) groups is 2. The molecule has 206 valence electrons.